The number of rotatable bonds is 2. The van der Waals surface area contributed by atoms with E-state index in [2.05, 4.69) is 10.4 Å². The molecule has 0 saturated carbocycles. The first-order valence-electron chi connectivity index (χ1n) is 5.45. The van der Waals surface area contributed by atoms with Gasteiger partial charge in [-0.2, -0.15) is 5.10 Å². The molecule has 0 aliphatic heterocycles. The third-order valence-electron chi connectivity index (χ3n) is 2.75. The Balaban J connectivity index is 2.35. The van der Waals surface area contributed by atoms with Gasteiger partial charge in [-0.05, 0) is 18.6 Å². The van der Waals surface area contributed by atoms with Crippen LogP contribution in [0.2, 0.25) is 10.0 Å². The Kier molecular flexibility index (Phi) is 3.68. The molecule has 0 saturated heterocycles. The maximum absolute atomic E-state index is 12.1. The van der Waals surface area contributed by atoms with Crippen LogP contribution in [-0.2, 0) is 7.05 Å². The highest BCUT2D eigenvalue weighted by Crippen LogP contribution is 2.33. The summed E-state index contributed by atoms with van der Waals surface area (Å²) in [4.78, 5) is 12.1. The van der Waals surface area contributed by atoms with E-state index in [-0.39, 0.29) is 11.4 Å². The minimum Gasteiger partial charge on any atom is -0.383 e. The second-order valence-corrected chi connectivity index (χ2v) is 4.86. The molecule has 2 rings (SSSR count). The van der Waals surface area contributed by atoms with Crippen LogP contribution >= 0.6 is 23.2 Å². The van der Waals surface area contributed by atoms with E-state index in [1.807, 2.05) is 6.92 Å². The predicted molar refractivity (Wildman–Crippen MR) is 76.8 cm³/mol. The van der Waals surface area contributed by atoms with Crippen molar-refractivity contribution in [3.63, 3.8) is 0 Å². The van der Waals surface area contributed by atoms with Gasteiger partial charge < -0.3 is 11.1 Å². The molecular weight excluding hydrogens is 287 g/mol. The van der Waals surface area contributed by atoms with E-state index in [9.17, 15) is 4.79 Å². The molecule has 0 spiro atoms. The molecule has 0 unspecified atom stereocenters. The smallest absolute Gasteiger partial charge is 0.261 e. The Labute approximate surface area is 120 Å². The van der Waals surface area contributed by atoms with Gasteiger partial charge >= 0.3 is 0 Å². The number of aromatic nitrogens is 2. The Bertz CT molecular complexity index is 651. The number of benzene rings is 1. The summed E-state index contributed by atoms with van der Waals surface area (Å²) in [5, 5.41) is 7.33. The van der Waals surface area contributed by atoms with E-state index in [0.717, 1.165) is 5.56 Å². The zero-order valence-corrected chi connectivity index (χ0v) is 11.9. The van der Waals surface area contributed by atoms with E-state index in [4.69, 9.17) is 28.9 Å². The summed E-state index contributed by atoms with van der Waals surface area (Å²) in [6.45, 7) is 1.83. The van der Waals surface area contributed by atoms with Crippen LogP contribution < -0.4 is 11.1 Å². The highest BCUT2D eigenvalue weighted by molar-refractivity contribution is 6.40. The lowest BCUT2D eigenvalue weighted by molar-refractivity contribution is 0.102. The van der Waals surface area contributed by atoms with Crippen molar-refractivity contribution in [2.75, 3.05) is 11.1 Å². The number of nitrogens with two attached hydrogens (primary N) is 1. The van der Waals surface area contributed by atoms with Crippen LogP contribution in [0.3, 0.4) is 0 Å². The first-order chi connectivity index (χ1) is 8.91. The monoisotopic (exact) mass is 298 g/mol. The van der Waals surface area contributed by atoms with Crippen molar-refractivity contribution in [1.29, 1.82) is 0 Å². The number of nitrogens with zero attached hydrogens (tertiary/aromatic N) is 2. The molecule has 0 aliphatic carbocycles. The second kappa shape index (κ2) is 5.11. The quantitative estimate of drug-likeness (QED) is 0.895. The fourth-order valence-corrected chi connectivity index (χ4v) is 2.04. The van der Waals surface area contributed by atoms with Gasteiger partial charge in [0, 0.05) is 7.05 Å². The highest BCUT2D eigenvalue weighted by atomic mass is 35.5. The van der Waals surface area contributed by atoms with Gasteiger partial charge in [-0.1, -0.05) is 29.3 Å². The van der Waals surface area contributed by atoms with E-state index in [1.54, 1.807) is 19.2 Å². The lowest BCUT2D eigenvalue weighted by atomic mass is 10.2. The van der Waals surface area contributed by atoms with Crippen LogP contribution in [0, 0.1) is 6.92 Å². The lowest BCUT2D eigenvalue weighted by Crippen LogP contribution is -2.14. The Hall–Kier alpha value is -1.72. The maximum atomic E-state index is 12.1. The van der Waals surface area contributed by atoms with Crippen molar-refractivity contribution in [1.82, 2.24) is 9.78 Å². The van der Waals surface area contributed by atoms with Crippen LogP contribution in [-0.4, -0.2) is 15.7 Å². The summed E-state index contributed by atoms with van der Waals surface area (Å²) >= 11 is 12.2. The van der Waals surface area contributed by atoms with Crippen LogP contribution in [0.1, 0.15) is 15.9 Å². The van der Waals surface area contributed by atoms with E-state index in [1.165, 1.54) is 10.9 Å². The number of carbonyl (C=O) groups is 1. The van der Waals surface area contributed by atoms with Gasteiger partial charge in [-0.3, -0.25) is 9.48 Å². The highest BCUT2D eigenvalue weighted by Gasteiger charge is 2.17. The van der Waals surface area contributed by atoms with Crippen LogP contribution in [0.25, 0.3) is 0 Å². The SMILES string of the molecule is Cc1ccc(Cl)c(NC(=O)c2cnn(C)c2N)c1Cl. The fourth-order valence-electron chi connectivity index (χ4n) is 1.57. The van der Waals surface area contributed by atoms with Crippen molar-refractivity contribution < 1.29 is 4.79 Å². The number of nitrogens with one attached hydrogen (secondary N) is 1. The molecule has 1 heterocycles. The van der Waals surface area contributed by atoms with Gasteiger partial charge in [-0.25, -0.2) is 0 Å². The van der Waals surface area contributed by atoms with Gasteiger partial charge in [0.05, 0.1) is 21.9 Å². The average Bonchev–Trinajstić information content (AvgIpc) is 2.70. The maximum Gasteiger partial charge on any atom is 0.261 e. The van der Waals surface area contributed by atoms with Crippen molar-refractivity contribution in [2.45, 2.75) is 6.92 Å². The number of hydrogen-bond donors (Lipinski definition) is 2. The summed E-state index contributed by atoms with van der Waals surface area (Å²) in [7, 11) is 1.65. The van der Waals surface area contributed by atoms with Gasteiger partial charge in [0.15, 0.2) is 0 Å². The molecular formula is C12H12Cl2N4O. The summed E-state index contributed by atoms with van der Waals surface area (Å²) in [6.07, 6.45) is 1.39. The third-order valence-corrected chi connectivity index (χ3v) is 3.55. The summed E-state index contributed by atoms with van der Waals surface area (Å²) in [5.41, 5.74) is 7.20. The minimum absolute atomic E-state index is 0.274. The zero-order chi connectivity index (χ0) is 14.2. The normalized spacial score (nSPS) is 10.5. The molecule has 0 atom stereocenters. The molecule has 0 radical (unpaired) electrons. The molecule has 3 N–H and O–H groups in total. The number of nitrogen functional groups attached to an aromatic ring is 1. The number of aryl methyl sites for hydroxylation is 2. The molecule has 2 aromatic rings. The average molecular weight is 299 g/mol. The molecule has 0 bridgehead atoms. The molecule has 1 aromatic carbocycles. The summed E-state index contributed by atoms with van der Waals surface area (Å²) in [5.74, 6) is -0.127. The van der Waals surface area contributed by atoms with Crippen LogP contribution in [0.4, 0.5) is 11.5 Å². The van der Waals surface area contributed by atoms with Gasteiger partial charge in [0.1, 0.15) is 11.4 Å². The van der Waals surface area contributed by atoms with E-state index >= 15 is 0 Å². The minimum atomic E-state index is -0.403. The Morgan fingerprint density at radius 2 is 2.11 bits per heavy atom. The third kappa shape index (κ3) is 2.52. The van der Waals surface area contributed by atoms with Crippen LogP contribution in [0.5, 0.6) is 0 Å². The number of hydrogen-bond acceptors (Lipinski definition) is 3. The van der Waals surface area contributed by atoms with Gasteiger partial charge in [0.25, 0.3) is 5.91 Å². The Morgan fingerprint density at radius 1 is 1.42 bits per heavy atom. The topological polar surface area (TPSA) is 72.9 Å². The Morgan fingerprint density at radius 3 is 2.68 bits per heavy atom. The van der Waals surface area contributed by atoms with Gasteiger partial charge in [0.2, 0.25) is 0 Å². The molecule has 7 heteroatoms. The van der Waals surface area contributed by atoms with Gasteiger partial charge in [-0.15, -0.1) is 0 Å². The number of carbonyl (C=O) groups excluding carboxylic acids is 1. The molecule has 5 nitrogen and oxygen atoms in total. The van der Waals surface area contributed by atoms with Crippen molar-refractivity contribution in [3.8, 4) is 0 Å². The zero-order valence-electron chi connectivity index (χ0n) is 10.4. The molecule has 0 aliphatic rings. The molecule has 1 aromatic heterocycles. The summed E-state index contributed by atoms with van der Waals surface area (Å²) < 4.78 is 1.41. The number of anilines is 2. The number of halogens is 2. The standard InChI is InChI=1S/C12H12Cl2N4O/c1-6-3-4-8(13)10(9(6)14)17-12(19)7-5-16-18(2)11(7)15/h3-5H,15H2,1-2H3,(H,17,19). The van der Waals surface area contributed by atoms with Crippen molar-refractivity contribution in [2.24, 2.45) is 7.05 Å². The van der Waals surface area contributed by atoms with Crippen LogP contribution in [0.15, 0.2) is 18.3 Å². The first-order valence-corrected chi connectivity index (χ1v) is 6.21. The predicted octanol–water partition coefficient (Wildman–Crippen LogP) is 2.87. The largest absolute Gasteiger partial charge is 0.383 e. The van der Waals surface area contributed by atoms with Crippen molar-refractivity contribution in [3.05, 3.63) is 39.5 Å². The first kappa shape index (κ1) is 13.7. The molecule has 100 valence electrons. The number of amides is 1. The molecule has 0 fully saturated rings. The van der Waals surface area contributed by atoms with E-state index < -0.39 is 5.91 Å². The second-order valence-electron chi connectivity index (χ2n) is 4.07. The summed E-state index contributed by atoms with van der Waals surface area (Å²) in [6, 6.07) is 3.45. The van der Waals surface area contributed by atoms with E-state index in [0.29, 0.717) is 15.7 Å². The fraction of sp³-hybridized carbons (Fsp3) is 0.167. The molecule has 1 amide bonds. The molecule has 19 heavy (non-hydrogen) atoms. The van der Waals surface area contributed by atoms with Crippen molar-refractivity contribution >= 4 is 40.6 Å². The lowest BCUT2D eigenvalue weighted by Gasteiger charge is -2.10.